The number of carbonyl (C=O) groups is 2. The van der Waals surface area contributed by atoms with E-state index in [0.29, 0.717) is 6.42 Å². The predicted octanol–water partition coefficient (Wildman–Crippen LogP) is 1.95. The van der Waals surface area contributed by atoms with Crippen LogP contribution in [0.2, 0.25) is 0 Å². The molecule has 0 N–H and O–H groups in total. The van der Waals surface area contributed by atoms with Gasteiger partial charge in [0, 0.05) is 12.6 Å². The van der Waals surface area contributed by atoms with E-state index in [1.807, 2.05) is 30.3 Å². The first-order chi connectivity index (χ1) is 9.72. The Bertz CT molecular complexity index is 501. The molecule has 1 amide bonds. The fraction of sp³-hybridized carbons (Fsp3) is 0.357. The quantitative estimate of drug-likeness (QED) is 0.788. The lowest BCUT2D eigenvalue weighted by atomic mass is 10.2. The van der Waals surface area contributed by atoms with Crippen molar-refractivity contribution < 1.29 is 19.1 Å². The van der Waals surface area contributed by atoms with Gasteiger partial charge in [0.15, 0.2) is 6.04 Å². The SMILES string of the molecule is CCOC(=O)[C@@H]1CC=NN1C(=O)OCc1ccccc1. The van der Waals surface area contributed by atoms with Crippen LogP contribution in [0.4, 0.5) is 4.79 Å². The van der Waals surface area contributed by atoms with Crippen molar-refractivity contribution >= 4 is 18.3 Å². The number of hydrogen-bond donors (Lipinski definition) is 0. The largest absolute Gasteiger partial charge is 0.464 e. The number of ether oxygens (including phenoxy) is 2. The molecule has 0 saturated carbocycles. The van der Waals surface area contributed by atoms with Gasteiger partial charge in [-0.3, -0.25) is 0 Å². The molecule has 1 aliphatic rings. The summed E-state index contributed by atoms with van der Waals surface area (Å²) in [7, 11) is 0. The monoisotopic (exact) mass is 276 g/mol. The van der Waals surface area contributed by atoms with Gasteiger partial charge in [0.2, 0.25) is 0 Å². The molecule has 1 atom stereocenters. The third kappa shape index (κ3) is 3.34. The molecule has 1 heterocycles. The number of esters is 1. The summed E-state index contributed by atoms with van der Waals surface area (Å²) in [5, 5.41) is 4.89. The van der Waals surface area contributed by atoms with Crippen LogP contribution in [0.1, 0.15) is 18.9 Å². The average Bonchev–Trinajstić information content (AvgIpc) is 2.96. The van der Waals surface area contributed by atoms with Crippen molar-refractivity contribution in [1.82, 2.24) is 5.01 Å². The van der Waals surface area contributed by atoms with Crippen molar-refractivity contribution in [3.8, 4) is 0 Å². The summed E-state index contributed by atoms with van der Waals surface area (Å²) in [6.07, 6.45) is 1.20. The van der Waals surface area contributed by atoms with Crippen molar-refractivity contribution in [2.75, 3.05) is 6.61 Å². The van der Waals surface area contributed by atoms with E-state index in [2.05, 4.69) is 5.10 Å². The van der Waals surface area contributed by atoms with Gasteiger partial charge in [-0.1, -0.05) is 30.3 Å². The highest BCUT2D eigenvalue weighted by Crippen LogP contribution is 2.15. The first-order valence-electron chi connectivity index (χ1n) is 6.41. The number of carbonyl (C=O) groups excluding carboxylic acids is 2. The molecule has 1 aromatic rings. The molecule has 0 radical (unpaired) electrons. The molecule has 0 unspecified atom stereocenters. The minimum absolute atomic E-state index is 0.140. The van der Waals surface area contributed by atoms with E-state index in [9.17, 15) is 9.59 Å². The van der Waals surface area contributed by atoms with Gasteiger partial charge in [-0.2, -0.15) is 10.1 Å². The highest BCUT2D eigenvalue weighted by Gasteiger charge is 2.34. The van der Waals surface area contributed by atoms with Crippen molar-refractivity contribution in [2.24, 2.45) is 5.10 Å². The Morgan fingerprint density at radius 2 is 2.05 bits per heavy atom. The zero-order valence-electron chi connectivity index (χ0n) is 11.2. The molecule has 0 saturated heterocycles. The molecule has 0 fully saturated rings. The van der Waals surface area contributed by atoms with Gasteiger partial charge >= 0.3 is 12.1 Å². The number of benzene rings is 1. The summed E-state index contributed by atoms with van der Waals surface area (Å²) in [4.78, 5) is 23.6. The van der Waals surface area contributed by atoms with Gasteiger partial charge in [0.25, 0.3) is 0 Å². The van der Waals surface area contributed by atoms with Gasteiger partial charge in [-0.05, 0) is 12.5 Å². The zero-order chi connectivity index (χ0) is 14.4. The third-order valence-corrected chi connectivity index (χ3v) is 2.78. The summed E-state index contributed by atoms with van der Waals surface area (Å²) in [5.74, 6) is -0.471. The molecular formula is C14H16N2O4. The lowest BCUT2D eigenvalue weighted by molar-refractivity contribution is -0.148. The summed E-state index contributed by atoms with van der Waals surface area (Å²) in [6, 6.07) is 8.58. The molecule has 0 aromatic heterocycles. The van der Waals surface area contributed by atoms with Crippen LogP contribution in [-0.4, -0.2) is 35.9 Å². The second-order valence-corrected chi connectivity index (χ2v) is 4.19. The molecule has 2 rings (SSSR count). The van der Waals surface area contributed by atoms with Crippen LogP contribution in [0.5, 0.6) is 0 Å². The van der Waals surface area contributed by atoms with E-state index in [-0.39, 0.29) is 13.2 Å². The third-order valence-electron chi connectivity index (χ3n) is 2.78. The highest BCUT2D eigenvalue weighted by atomic mass is 16.6. The lowest BCUT2D eigenvalue weighted by Crippen LogP contribution is -2.39. The fourth-order valence-electron chi connectivity index (χ4n) is 1.81. The number of hydrogen-bond acceptors (Lipinski definition) is 5. The predicted molar refractivity (Wildman–Crippen MR) is 72.0 cm³/mol. The van der Waals surface area contributed by atoms with Crippen LogP contribution in [0.25, 0.3) is 0 Å². The van der Waals surface area contributed by atoms with E-state index in [1.54, 1.807) is 6.92 Å². The van der Waals surface area contributed by atoms with Crippen LogP contribution in [0.15, 0.2) is 35.4 Å². The molecule has 1 aromatic carbocycles. The van der Waals surface area contributed by atoms with Crippen LogP contribution >= 0.6 is 0 Å². The molecule has 106 valence electrons. The molecule has 0 spiro atoms. The van der Waals surface area contributed by atoms with Crippen LogP contribution in [0, 0.1) is 0 Å². The minimum atomic E-state index is -0.724. The number of nitrogens with zero attached hydrogens (tertiary/aromatic N) is 2. The Morgan fingerprint density at radius 1 is 1.30 bits per heavy atom. The fourth-order valence-corrected chi connectivity index (χ4v) is 1.81. The lowest BCUT2D eigenvalue weighted by Gasteiger charge is -2.19. The first-order valence-corrected chi connectivity index (χ1v) is 6.41. The summed E-state index contributed by atoms with van der Waals surface area (Å²) in [5.41, 5.74) is 0.872. The van der Waals surface area contributed by atoms with Crippen LogP contribution in [-0.2, 0) is 20.9 Å². The Balaban J connectivity index is 1.91. The molecule has 6 heteroatoms. The maximum Gasteiger partial charge on any atom is 0.431 e. The molecule has 1 aliphatic heterocycles. The maximum atomic E-state index is 11.9. The summed E-state index contributed by atoms with van der Waals surface area (Å²) in [6.45, 7) is 2.12. The van der Waals surface area contributed by atoms with Gasteiger partial charge in [-0.25, -0.2) is 9.59 Å². The molecule has 0 bridgehead atoms. The Hall–Kier alpha value is -2.37. The van der Waals surface area contributed by atoms with Gasteiger partial charge < -0.3 is 9.47 Å². The summed E-state index contributed by atoms with van der Waals surface area (Å²) >= 11 is 0. The molecule has 6 nitrogen and oxygen atoms in total. The van der Waals surface area contributed by atoms with Crippen molar-refractivity contribution in [1.29, 1.82) is 0 Å². The van der Waals surface area contributed by atoms with E-state index in [4.69, 9.17) is 9.47 Å². The van der Waals surface area contributed by atoms with Gasteiger partial charge in [0.1, 0.15) is 6.61 Å². The topological polar surface area (TPSA) is 68.2 Å². The molecule has 0 aliphatic carbocycles. The van der Waals surface area contributed by atoms with Crippen LogP contribution < -0.4 is 0 Å². The van der Waals surface area contributed by atoms with Crippen molar-refractivity contribution in [3.63, 3.8) is 0 Å². The van der Waals surface area contributed by atoms with Crippen molar-refractivity contribution in [2.45, 2.75) is 26.0 Å². The Morgan fingerprint density at radius 3 is 2.75 bits per heavy atom. The smallest absolute Gasteiger partial charge is 0.431 e. The number of amides is 1. The van der Waals surface area contributed by atoms with Crippen molar-refractivity contribution in [3.05, 3.63) is 35.9 Å². The van der Waals surface area contributed by atoms with Gasteiger partial charge in [-0.15, -0.1) is 0 Å². The molecule has 20 heavy (non-hydrogen) atoms. The second kappa shape index (κ2) is 6.70. The molecular weight excluding hydrogens is 260 g/mol. The summed E-state index contributed by atoms with van der Waals surface area (Å²) < 4.78 is 10.0. The second-order valence-electron chi connectivity index (χ2n) is 4.19. The standard InChI is InChI=1S/C14H16N2O4/c1-2-19-13(17)12-8-9-15-16(12)14(18)20-10-11-6-4-3-5-7-11/h3-7,9,12H,2,8,10H2,1H3/t12-/m0/s1. The number of rotatable bonds is 4. The van der Waals surface area contributed by atoms with E-state index in [0.717, 1.165) is 10.6 Å². The number of hydrazone groups is 1. The normalized spacial score (nSPS) is 17.1. The van der Waals surface area contributed by atoms with E-state index < -0.39 is 18.1 Å². The van der Waals surface area contributed by atoms with E-state index >= 15 is 0 Å². The highest BCUT2D eigenvalue weighted by molar-refractivity contribution is 5.86. The Labute approximate surface area is 117 Å². The van der Waals surface area contributed by atoms with Gasteiger partial charge in [0.05, 0.1) is 6.61 Å². The van der Waals surface area contributed by atoms with E-state index in [1.165, 1.54) is 6.21 Å². The zero-order valence-corrected chi connectivity index (χ0v) is 11.2. The first kappa shape index (κ1) is 14.0. The maximum absolute atomic E-state index is 11.9. The van der Waals surface area contributed by atoms with Crippen LogP contribution in [0.3, 0.4) is 0 Å². The average molecular weight is 276 g/mol. The minimum Gasteiger partial charge on any atom is -0.464 e. The Kier molecular flexibility index (Phi) is 4.70.